The van der Waals surface area contributed by atoms with Gasteiger partial charge in [0.05, 0.1) is 27.3 Å². The second-order valence-electron chi connectivity index (χ2n) is 4.40. The summed E-state index contributed by atoms with van der Waals surface area (Å²) in [5.74, 6) is -0.360. The molecule has 0 saturated heterocycles. The minimum absolute atomic E-state index is 0.0930. The van der Waals surface area contributed by atoms with E-state index in [9.17, 15) is 8.68 Å². The number of anilines is 1. The van der Waals surface area contributed by atoms with Crippen LogP contribution >= 0.6 is 23.5 Å². The maximum absolute atomic E-state index is 12.3. The Labute approximate surface area is 128 Å². The van der Waals surface area contributed by atoms with Crippen LogP contribution in [0, 0.1) is 6.92 Å². The SMILES string of the molecule is Cc1ccc2nc(NC(=O)c3ccc(SF)cn3)sc2c1. The highest BCUT2D eigenvalue weighted by molar-refractivity contribution is 7.94. The van der Waals surface area contributed by atoms with Crippen LogP contribution in [0.25, 0.3) is 10.2 Å². The van der Waals surface area contributed by atoms with E-state index in [1.165, 1.54) is 29.7 Å². The third-order valence-corrected chi connectivity index (χ3v) is 4.18. The highest BCUT2D eigenvalue weighted by Crippen LogP contribution is 2.27. The molecule has 0 aliphatic rings. The fourth-order valence-corrected chi connectivity index (χ4v) is 2.98. The molecule has 0 radical (unpaired) electrons. The van der Waals surface area contributed by atoms with E-state index >= 15 is 0 Å². The number of fused-ring (bicyclic) bond motifs is 1. The van der Waals surface area contributed by atoms with Crippen molar-refractivity contribution >= 4 is 44.7 Å². The van der Waals surface area contributed by atoms with Crippen molar-refractivity contribution in [2.75, 3.05) is 5.32 Å². The summed E-state index contributed by atoms with van der Waals surface area (Å²) in [6.07, 6.45) is 1.32. The molecule has 21 heavy (non-hydrogen) atoms. The average Bonchev–Trinajstić information content (AvgIpc) is 2.88. The molecular weight excluding hydrogens is 309 g/mol. The van der Waals surface area contributed by atoms with Gasteiger partial charge in [0.1, 0.15) is 5.69 Å². The third-order valence-electron chi connectivity index (χ3n) is 2.82. The van der Waals surface area contributed by atoms with Crippen molar-refractivity contribution in [3.05, 3.63) is 47.8 Å². The summed E-state index contributed by atoms with van der Waals surface area (Å²) in [5.41, 5.74) is 2.21. The zero-order chi connectivity index (χ0) is 14.8. The van der Waals surface area contributed by atoms with Gasteiger partial charge in [-0.2, -0.15) is 3.89 Å². The quantitative estimate of drug-likeness (QED) is 0.785. The van der Waals surface area contributed by atoms with Crippen molar-refractivity contribution in [1.29, 1.82) is 0 Å². The number of hydrogen-bond donors (Lipinski definition) is 1. The fraction of sp³-hybridized carbons (Fsp3) is 0.0714. The van der Waals surface area contributed by atoms with Gasteiger partial charge in [0.15, 0.2) is 5.13 Å². The molecule has 0 bridgehead atoms. The number of halogens is 1. The molecule has 0 spiro atoms. The molecule has 1 aromatic carbocycles. The molecule has 3 rings (SSSR count). The maximum atomic E-state index is 12.3. The number of amides is 1. The number of benzene rings is 1. The summed E-state index contributed by atoms with van der Waals surface area (Å²) in [4.78, 5) is 20.7. The van der Waals surface area contributed by atoms with Gasteiger partial charge in [-0.15, -0.1) is 0 Å². The van der Waals surface area contributed by atoms with Gasteiger partial charge in [-0.1, -0.05) is 17.4 Å². The highest BCUT2D eigenvalue weighted by atomic mass is 32.2. The number of carbonyl (C=O) groups excluding carboxylic acids is 1. The first kappa shape index (κ1) is 14.0. The predicted octanol–water partition coefficient (Wildman–Crippen LogP) is 4.23. The van der Waals surface area contributed by atoms with Crippen molar-refractivity contribution in [3.8, 4) is 0 Å². The van der Waals surface area contributed by atoms with Crippen LogP contribution in [0.3, 0.4) is 0 Å². The molecule has 3 aromatic rings. The lowest BCUT2D eigenvalue weighted by Crippen LogP contribution is -2.13. The van der Waals surface area contributed by atoms with Crippen LogP contribution in [0.5, 0.6) is 0 Å². The van der Waals surface area contributed by atoms with Gasteiger partial charge in [-0.3, -0.25) is 10.1 Å². The zero-order valence-corrected chi connectivity index (χ0v) is 12.6. The van der Waals surface area contributed by atoms with E-state index in [1.54, 1.807) is 0 Å². The van der Waals surface area contributed by atoms with Crippen LogP contribution in [0.15, 0.2) is 41.4 Å². The smallest absolute Gasteiger partial charge is 0.276 e. The maximum Gasteiger partial charge on any atom is 0.276 e. The first-order valence-electron chi connectivity index (χ1n) is 6.09. The van der Waals surface area contributed by atoms with Crippen molar-refractivity contribution in [3.63, 3.8) is 0 Å². The second kappa shape index (κ2) is 5.79. The van der Waals surface area contributed by atoms with E-state index in [0.29, 0.717) is 10.0 Å². The molecule has 1 N–H and O–H groups in total. The van der Waals surface area contributed by atoms with Gasteiger partial charge in [0.25, 0.3) is 5.91 Å². The number of aryl methyl sites for hydroxylation is 1. The summed E-state index contributed by atoms with van der Waals surface area (Å²) in [6.45, 7) is 2.01. The monoisotopic (exact) mass is 319 g/mol. The van der Waals surface area contributed by atoms with Gasteiger partial charge >= 0.3 is 0 Å². The molecule has 0 fully saturated rings. The summed E-state index contributed by atoms with van der Waals surface area (Å²) in [6, 6.07) is 8.90. The Balaban J connectivity index is 1.81. The first-order chi connectivity index (χ1) is 10.2. The largest absolute Gasteiger partial charge is 0.296 e. The highest BCUT2D eigenvalue weighted by Gasteiger charge is 2.11. The summed E-state index contributed by atoms with van der Waals surface area (Å²) < 4.78 is 13.3. The molecule has 0 saturated carbocycles. The summed E-state index contributed by atoms with van der Waals surface area (Å²) in [7, 11) is 0. The van der Waals surface area contributed by atoms with Crippen LogP contribution in [0.4, 0.5) is 9.02 Å². The number of hydrogen-bond acceptors (Lipinski definition) is 5. The van der Waals surface area contributed by atoms with Crippen molar-refractivity contribution in [2.24, 2.45) is 0 Å². The van der Waals surface area contributed by atoms with E-state index in [0.717, 1.165) is 15.8 Å². The molecule has 2 aromatic heterocycles. The topological polar surface area (TPSA) is 54.9 Å². The normalized spacial score (nSPS) is 10.8. The molecule has 1 amide bonds. The Bertz CT molecular complexity index is 802. The van der Waals surface area contributed by atoms with Crippen molar-refractivity contribution in [2.45, 2.75) is 11.8 Å². The number of thiazole rings is 1. The Morgan fingerprint density at radius 1 is 1.33 bits per heavy atom. The number of aromatic nitrogens is 2. The molecule has 0 aliphatic heterocycles. The summed E-state index contributed by atoms with van der Waals surface area (Å²) in [5, 5.41) is 3.23. The molecule has 0 atom stereocenters. The Morgan fingerprint density at radius 2 is 2.19 bits per heavy atom. The molecular formula is C14H10FN3OS2. The van der Waals surface area contributed by atoms with Crippen LogP contribution in [0.1, 0.15) is 16.1 Å². The standard InChI is InChI=1S/C14H10FN3OS2/c1-8-2-4-10-12(6-8)20-14(17-10)18-13(19)11-5-3-9(21-15)7-16-11/h2-7H,1H3,(H,17,18,19). The van der Waals surface area contributed by atoms with Gasteiger partial charge in [-0.05, 0) is 36.8 Å². The van der Waals surface area contributed by atoms with Crippen LogP contribution in [0.2, 0.25) is 0 Å². The van der Waals surface area contributed by atoms with E-state index in [-0.39, 0.29) is 23.7 Å². The minimum Gasteiger partial charge on any atom is -0.296 e. The van der Waals surface area contributed by atoms with Gasteiger partial charge in [0, 0.05) is 6.20 Å². The fourth-order valence-electron chi connectivity index (χ4n) is 1.81. The van der Waals surface area contributed by atoms with Crippen LogP contribution in [-0.4, -0.2) is 15.9 Å². The summed E-state index contributed by atoms with van der Waals surface area (Å²) >= 11 is 1.50. The molecule has 4 nitrogen and oxygen atoms in total. The van der Waals surface area contributed by atoms with Gasteiger partial charge in [-0.25, -0.2) is 9.97 Å². The van der Waals surface area contributed by atoms with Crippen molar-refractivity contribution < 1.29 is 8.68 Å². The Morgan fingerprint density at radius 3 is 2.90 bits per heavy atom. The lowest BCUT2D eigenvalue weighted by atomic mass is 10.2. The van der Waals surface area contributed by atoms with E-state index < -0.39 is 0 Å². The predicted molar refractivity (Wildman–Crippen MR) is 83.5 cm³/mol. The van der Waals surface area contributed by atoms with E-state index in [2.05, 4.69) is 15.3 Å². The number of nitrogens with one attached hydrogen (secondary N) is 1. The van der Waals surface area contributed by atoms with Gasteiger partial charge < -0.3 is 0 Å². The second-order valence-corrected chi connectivity index (χ2v) is 6.06. The lowest BCUT2D eigenvalue weighted by molar-refractivity contribution is 0.102. The molecule has 0 unspecified atom stereocenters. The first-order valence-corrected chi connectivity index (χ1v) is 7.62. The Hall–Kier alpha value is -1.99. The van der Waals surface area contributed by atoms with Crippen LogP contribution in [-0.2, 0) is 0 Å². The molecule has 0 aliphatic carbocycles. The number of rotatable bonds is 3. The number of nitrogens with zero attached hydrogens (tertiary/aromatic N) is 2. The van der Waals surface area contributed by atoms with Crippen molar-refractivity contribution in [1.82, 2.24) is 9.97 Å². The average molecular weight is 319 g/mol. The third kappa shape index (κ3) is 3.03. The lowest BCUT2D eigenvalue weighted by Gasteiger charge is -2.00. The van der Waals surface area contributed by atoms with Gasteiger partial charge in [0.2, 0.25) is 0 Å². The Kier molecular flexibility index (Phi) is 3.85. The van der Waals surface area contributed by atoms with E-state index in [4.69, 9.17) is 0 Å². The number of pyridine rings is 1. The molecule has 106 valence electrons. The van der Waals surface area contributed by atoms with Crippen LogP contribution < -0.4 is 5.32 Å². The zero-order valence-electron chi connectivity index (χ0n) is 11.0. The molecule has 2 heterocycles. The molecule has 7 heteroatoms. The van der Waals surface area contributed by atoms with E-state index in [1.807, 2.05) is 25.1 Å². The number of carbonyl (C=O) groups is 1. The minimum atomic E-state index is -0.360.